The zero-order valence-electron chi connectivity index (χ0n) is 8.08. The van der Waals surface area contributed by atoms with Gasteiger partial charge in [-0.25, -0.2) is 0 Å². The minimum absolute atomic E-state index is 0.174. The van der Waals surface area contributed by atoms with Gasteiger partial charge in [0.1, 0.15) is 5.25 Å². The normalized spacial score (nSPS) is 14.3. The van der Waals surface area contributed by atoms with Crippen LogP contribution in [0.5, 0.6) is 0 Å². The van der Waals surface area contributed by atoms with Gasteiger partial charge in [0, 0.05) is 12.4 Å². The summed E-state index contributed by atoms with van der Waals surface area (Å²) < 4.78 is 31.3. The molecule has 0 radical (unpaired) electrons. The van der Waals surface area contributed by atoms with Crippen LogP contribution in [0.4, 0.5) is 0 Å². The summed E-state index contributed by atoms with van der Waals surface area (Å²) in [6.45, 7) is 3.50. The molecule has 0 aliphatic rings. The zero-order valence-corrected chi connectivity index (χ0v) is 8.90. The van der Waals surface area contributed by atoms with Gasteiger partial charge in [-0.2, -0.15) is 8.42 Å². The van der Waals surface area contributed by atoms with E-state index in [2.05, 4.69) is 4.98 Å². The second-order valence-electron chi connectivity index (χ2n) is 3.46. The first-order chi connectivity index (χ1) is 6.43. The monoisotopic (exact) mass is 215 g/mol. The van der Waals surface area contributed by atoms with Crippen molar-refractivity contribution in [3.8, 4) is 0 Å². The second kappa shape index (κ2) is 4.06. The quantitative estimate of drug-likeness (QED) is 0.779. The van der Waals surface area contributed by atoms with Crippen molar-refractivity contribution in [2.24, 2.45) is 5.92 Å². The Kier molecular flexibility index (Phi) is 3.23. The van der Waals surface area contributed by atoms with Crippen molar-refractivity contribution in [1.82, 2.24) is 4.98 Å². The maximum atomic E-state index is 11.1. The second-order valence-corrected chi connectivity index (χ2v) is 5.00. The summed E-state index contributed by atoms with van der Waals surface area (Å²) in [5, 5.41) is -0.870. The van der Waals surface area contributed by atoms with E-state index in [-0.39, 0.29) is 5.92 Å². The molecule has 0 aliphatic heterocycles. The smallest absolute Gasteiger partial charge is 0.272 e. The summed E-state index contributed by atoms with van der Waals surface area (Å²) >= 11 is 0. The molecule has 1 aromatic heterocycles. The highest BCUT2D eigenvalue weighted by atomic mass is 32.2. The molecule has 0 bridgehead atoms. The van der Waals surface area contributed by atoms with Crippen LogP contribution in [0.1, 0.15) is 24.7 Å². The molecule has 14 heavy (non-hydrogen) atoms. The Morgan fingerprint density at radius 2 is 1.79 bits per heavy atom. The molecule has 0 spiro atoms. The largest absolute Gasteiger partial charge is 0.285 e. The summed E-state index contributed by atoms with van der Waals surface area (Å²) in [6, 6.07) is 3.19. The fraction of sp³-hybridized carbons (Fsp3) is 0.444. The molecule has 0 amide bonds. The maximum absolute atomic E-state index is 11.1. The third-order valence-electron chi connectivity index (χ3n) is 1.96. The standard InChI is InChI=1S/C9H13NO3S/c1-7(2)9(14(11,12)13)8-3-5-10-6-4-8/h3-7,9H,1-2H3,(H,11,12,13). The van der Waals surface area contributed by atoms with Crippen molar-refractivity contribution in [1.29, 1.82) is 0 Å². The predicted octanol–water partition coefficient (Wildman–Crippen LogP) is 1.67. The number of aromatic nitrogens is 1. The van der Waals surface area contributed by atoms with E-state index in [1.165, 1.54) is 12.4 Å². The third kappa shape index (κ3) is 2.52. The number of hydrogen-bond acceptors (Lipinski definition) is 3. The van der Waals surface area contributed by atoms with Gasteiger partial charge in [0.15, 0.2) is 0 Å². The fourth-order valence-electron chi connectivity index (χ4n) is 1.45. The van der Waals surface area contributed by atoms with E-state index >= 15 is 0 Å². The molecule has 0 saturated carbocycles. The third-order valence-corrected chi connectivity index (χ3v) is 3.42. The number of pyridine rings is 1. The molecule has 0 fully saturated rings. The average Bonchev–Trinajstić information content (AvgIpc) is 2.02. The Morgan fingerprint density at radius 1 is 1.29 bits per heavy atom. The first kappa shape index (κ1) is 11.1. The SMILES string of the molecule is CC(C)C(c1ccncc1)S(=O)(=O)O. The lowest BCUT2D eigenvalue weighted by Crippen LogP contribution is -2.17. The Labute approximate surface area is 83.7 Å². The molecular weight excluding hydrogens is 202 g/mol. The maximum Gasteiger partial charge on any atom is 0.272 e. The number of nitrogens with zero attached hydrogens (tertiary/aromatic N) is 1. The van der Waals surface area contributed by atoms with Crippen LogP contribution >= 0.6 is 0 Å². The van der Waals surface area contributed by atoms with Gasteiger partial charge in [0.05, 0.1) is 0 Å². The Hall–Kier alpha value is -0.940. The van der Waals surface area contributed by atoms with Gasteiger partial charge < -0.3 is 0 Å². The molecule has 1 rings (SSSR count). The van der Waals surface area contributed by atoms with E-state index in [1.807, 2.05) is 0 Å². The Morgan fingerprint density at radius 3 is 2.14 bits per heavy atom. The molecule has 4 nitrogen and oxygen atoms in total. The van der Waals surface area contributed by atoms with Gasteiger partial charge >= 0.3 is 0 Å². The fourth-order valence-corrected chi connectivity index (χ4v) is 2.64. The van der Waals surface area contributed by atoms with Crippen LogP contribution in [-0.4, -0.2) is 18.0 Å². The number of rotatable bonds is 3. The van der Waals surface area contributed by atoms with Crippen molar-refractivity contribution in [2.75, 3.05) is 0 Å². The summed E-state index contributed by atoms with van der Waals surface area (Å²) in [4.78, 5) is 3.79. The van der Waals surface area contributed by atoms with Gasteiger partial charge in [0.25, 0.3) is 10.1 Å². The van der Waals surface area contributed by atoms with Crippen molar-refractivity contribution in [2.45, 2.75) is 19.1 Å². The van der Waals surface area contributed by atoms with Crippen LogP contribution < -0.4 is 0 Å². The highest BCUT2D eigenvalue weighted by molar-refractivity contribution is 7.86. The van der Waals surface area contributed by atoms with Crippen LogP contribution in [0, 0.1) is 5.92 Å². The molecule has 1 atom stereocenters. The van der Waals surface area contributed by atoms with Gasteiger partial charge in [-0.1, -0.05) is 13.8 Å². The molecular formula is C9H13NO3S. The molecule has 0 aromatic carbocycles. The summed E-state index contributed by atoms with van der Waals surface area (Å²) in [5.74, 6) is -0.174. The molecule has 78 valence electrons. The molecule has 1 heterocycles. The highest BCUT2D eigenvalue weighted by Gasteiger charge is 2.28. The Balaban J connectivity index is 3.15. The van der Waals surface area contributed by atoms with E-state index in [9.17, 15) is 8.42 Å². The first-order valence-corrected chi connectivity index (χ1v) is 5.79. The molecule has 1 N–H and O–H groups in total. The minimum atomic E-state index is -4.04. The molecule has 0 saturated heterocycles. The van der Waals surface area contributed by atoms with Crippen molar-refractivity contribution in [3.05, 3.63) is 30.1 Å². The van der Waals surface area contributed by atoms with E-state index in [4.69, 9.17) is 4.55 Å². The van der Waals surface area contributed by atoms with Gasteiger partial charge in [-0.05, 0) is 23.6 Å². The van der Waals surface area contributed by atoms with Crippen molar-refractivity contribution < 1.29 is 13.0 Å². The first-order valence-electron chi connectivity index (χ1n) is 4.29. The minimum Gasteiger partial charge on any atom is -0.285 e. The van der Waals surface area contributed by atoms with Crippen LogP contribution in [0.2, 0.25) is 0 Å². The van der Waals surface area contributed by atoms with Crippen LogP contribution in [0.3, 0.4) is 0 Å². The summed E-state index contributed by atoms with van der Waals surface area (Å²) in [6.07, 6.45) is 3.02. The van der Waals surface area contributed by atoms with E-state index in [1.54, 1.807) is 26.0 Å². The van der Waals surface area contributed by atoms with E-state index in [0.29, 0.717) is 5.56 Å². The topological polar surface area (TPSA) is 67.3 Å². The lowest BCUT2D eigenvalue weighted by molar-refractivity contribution is 0.445. The zero-order chi connectivity index (χ0) is 10.8. The molecule has 1 aromatic rings. The van der Waals surface area contributed by atoms with Gasteiger partial charge in [-0.15, -0.1) is 0 Å². The van der Waals surface area contributed by atoms with Crippen molar-refractivity contribution in [3.63, 3.8) is 0 Å². The highest BCUT2D eigenvalue weighted by Crippen LogP contribution is 2.28. The molecule has 5 heteroatoms. The van der Waals surface area contributed by atoms with Crippen LogP contribution in [0.15, 0.2) is 24.5 Å². The molecule has 0 aliphatic carbocycles. The van der Waals surface area contributed by atoms with E-state index < -0.39 is 15.4 Å². The van der Waals surface area contributed by atoms with E-state index in [0.717, 1.165) is 0 Å². The summed E-state index contributed by atoms with van der Waals surface area (Å²) in [7, 11) is -4.04. The van der Waals surface area contributed by atoms with Crippen molar-refractivity contribution >= 4 is 10.1 Å². The van der Waals surface area contributed by atoms with Crippen LogP contribution in [0.25, 0.3) is 0 Å². The van der Waals surface area contributed by atoms with Gasteiger partial charge in [0.2, 0.25) is 0 Å². The van der Waals surface area contributed by atoms with Crippen LogP contribution in [-0.2, 0) is 10.1 Å². The lowest BCUT2D eigenvalue weighted by atomic mass is 10.0. The average molecular weight is 215 g/mol. The Bertz CT molecular complexity index is 386. The molecule has 1 unspecified atom stereocenters. The summed E-state index contributed by atoms with van der Waals surface area (Å²) in [5.41, 5.74) is 0.567. The number of hydrogen-bond donors (Lipinski definition) is 1. The lowest BCUT2D eigenvalue weighted by Gasteiger charge is -2.17. The van der Waals surface area contributed by atoms with Gasteiger partial charge in [-0.3, -0.25) is 9.54 Å². The predicted molar refractivity (Wildman–Crippen MR) is 53.4 cm³/mol.